The Hall–Kier alpha value is -4.78. The fourth-order valence-corrected chi connectivity index (χ4v) is 5.06. The monoisotopic (exact) mass is 519 g/mol. The van der Waals surface area contributed by atoms with Crippen LogP contribution in [0.3, 0.4) is 0 Å². The van der Waals surface area contributed by atoms with Crippen LogP contribution in [0.4, 0.5) is 5.82 Å². The molecule has 2 amide bonds. The number of β-lactam (4-membered cyclic amide) rings is 1. The second kappa shape index (κ2) is 11.7. The van der Waals surface area contributed by atoms with E-state index >= 15 is 0 Å². The van der Waals surface area contributed by atoms with Gasteiger partial charge in [0.1, 0.15) is 18.5 Å². The van der Waals surface area contributed by atoms with E-state index in [1.54, 1.807) is 18.3 Å². The van der Waals surface area contributed by atoms with Crippen molar-refractivity contribution in [1.29, 1.82) is 0 Å². The Kier molecular flexibility index (Phi) is 7.78. The largest absolute Gasteiger partial charge is 0.459 e. The Bertz CT molecular complexity index is 1400. The number of nitrogens with zero attached hydrogens (tertiary/aromatic N) is 2. The number of imide groups is 1. The summed E-state index contributed by atoms with van der Waals surface area (Å²) in [6.07, 6.45) is 1.85. The number of aromatic nitrogens is 1. The number of nitrogen functional groups attached to an aromatic ring is 1. The first-order chi connectivity index (χ1) is 19.0. The summed E-state index contributed by atoms with van der Waals surface area (Å²) >= 11 is 0. The molecule has 1 aliphatic rings. The second-order valence-electron chi connectivity index (χ2n) is 9.62. The molecule has 1 saturated heterocycles. The molecule has 2 heterocycles. The van der Waals surface area contributed by atoms with Crippen LogP contribution in [0.2, 0.25) is 0 Å². The molecule has 0 unspecified atom stereocenters. The lowest BCUT2D eigenvalue weighted by Crippen LogP contribution is -2.67. The molecule has 5 rings (SSSR count). The first-order valence-corrected chi connectivity index (χ1v) is 12.9. The van der Waals surface area contributed by atoms with E-state index in [0.717, 1.165) is 27.2 Å². The summed E-state index contributed by atoms with van der Waals surface area (Å²) in [5.74, 6) is -2.08. The predicted molar refractivity (Wildman–Crippen MR) is 147 cm³/mol. The molecule has 1 aromatic heterocycles. The number of carbonyl (C=O) groups excluding carboxylic acids is 3. The summed E-state index contributed by atoms with van der Waals surface area (Å²) in [5.41, 5.74) is 9.32. The van der Waals surface area contributed by atoms with Gasteiger partial charge in [-0.1, -0.05) is 91.0 Å². The van der Waals surface area contributed by atoms with Crippen LogP contribution in [-0.4, -0.2) is 33.7 Å². The second-order valence-corrected chi connectivity index (χ2v) is 9.62. The molecule has 2 atom stereocenters. The average molecular weight is 520 g/mol. The maximum absolute atomic E-state index is 13.7. The van der Waals surface area contributed by atoms with Crippen LogP contribution in [0.15, 0.2) is 109 Å². The van der Waals surface area contributed by atoms with Gasteiger partial charge in [0.25, 0.3) is 0 Å². The van der Waals surface area contributed by atoms with Crippen LogP contribution in [0, 0.1) is 5.92 Å². The lowest BCUT2D eigenvalue weighted by atomic mass is 9.80. The summed E-state index contributed by atoms with van der Waals surface area (Å²) in [6.45, 7) is 0.0535. The normalized spacial score (nSPS) is 16.5. The molecule has 0 saturated carbocycles. The fourth-order valence-electron chi connectivity index (χ4n) is 5.06. The van der Waals surface area contributed by atoms with Gasteiger partial charge in [-0.15, -0.1) is 0 Å². The van der Waals surface area contributed by atoms with E-state index in [-0.39, 0.29) is 25.4 Å². The molecule has 0 aliphatic carbocycles. The number of likely N-dealkylation sites (tertiary alicyclic amines) is 1. The molecule has 0 spiro atoms. The highest BCUT2D eigenvalue weighted by atomic mass is 16.5. The Labute approximate surface area is 227 Å². The van der Waals surface area contributed by atoms with Crippen molar-refractivity contribution in [3.63, 3.8) is 0 Å². The third-order valence-electron chi connectivity index (χ3n) is 7.03. The highest BCUT2D eigenvalue weighted by molar-refractivity contribution is 6.08. The Morgan fingerprint density at radius 2 is 1.44 bits per heavy atom. The molecular formula is C32H29N3O4. The van der Waals surface area contributed by atoms with Crippen LogP contribution >= 0.6 is 0 Å². The number of hydrogen-bond donors (Lipinski definition) is 1. The van der Waals surface area contributed by atoms with Crippen LogP contribution in [0.25, 0.3) is 0 Å². The molecular weight excluding hydrogens is 490 g/mol. The number of esters is 1. The Morgan fingerprint density at radius 1 is 0.846 bits per heavy atom. The van der Waals surface area contributed by atoms with Gasteiger partial charge in [-0.3, -0.25) is 14.5 Å². The van der Waals surface area contributed by atoms with Gasteiger partial charge in [0.2, 0.25) is 11.8 Å². The van der Waals surface area contributed by atoms with Crippen LogP contribution in [0.5, 0.6) is 0 Å². The quantitative estimate of drug-likeness (QED) is 0.258. The summed E-state index contributed by atoms with van der Waals surface area (Å²) in [6, 6.07) is 31.1. The summed E-state index contributed by atoms with van der Waals surface area (Å²) < 4.78 is 5.60. The maximum Gasteiger partial charge on any atom is 0.330 e. The van der Waals surface area contributed by atoms with Crippen molar-refractivity contribution in [3.05, 3.63) is 132 Å². The standard InChI is InChI=1S/C32H29N3O4/c33-28-19-23(16-17-34-28)18-27-30(32(38)39-21-22-10-4-1-5-11-22)35(31(27)37)29(36)20-26(24-12-6-2-7-13-24)25-14-8-3-9-15-25/h1-17,19,26-27,30H,18,20-21H2,(H2,33,34)/t27-,30+/m1/s1. The minimum absolute atomic E-state index is 0.0388. The molecule has 196 valence electrons. The van der Waals surface area contributed by atoms with E-state index in [2.05, 4.69) is 4.98 Å². The van der Waals surface area contributed by atoms with E-state index in [0.29, 0.717) is 5.82 Å². The van der Waals surface area contributed by atoms with Crippen molar-refractivity contribution >= 4 is 23.6 Å². The van der Waals surface area contributed by atoms with Crippen molar-refractivity contribution < 1.29 is 19.1 Å². The minimum atomic E-state index is -1.02. The molecule has 1 aliphatic heterocycles. The zero-order valence-corrected chi connectivity index (χ0v) is 21.4. The minimum Gasteiger partial charge on any atom is -0.459 e. The molecule has 39 heavy (non-hydrogen) atoms. The van der Waals surface area contributed by atoms with Gasteiger partial charge in [0.15, 0.2) is 0 Å². The zero-order valence-electron chi connectivity index (χ0n) is 21.4. The van der Waals surface area contributed by atoms with Gasteiger partial charge in [0.05, 0.1) is 5.92 Å². The Balaban J connectivity index is 1.39. The number of benzene rings is 3. The Morgan fingerprint density at radius 3 is 2.03 bits per heavy atom. The lowest BCUT2D eigenvalue weighted by Gasteiger charge is -2.44. The van der Waals surface area contributed by atoms with Crippen molar-refractivity contribution in [3.8, 4) is 0 Å². The van der Waals surface area contributed by atoms with E-state index in [4.69, 9.17) is 10.5 Å². The topological polar surface area (TPSA) is 103 Å². The van der Waals surface area contributed by atoms with E-state index in [1.807, 2.05) is 91.0 Å². The smallest absolute Gasteiger partial charge is 0.330 e. The lowest BCUT2D eigenvalue weighted by molar-refractivity contribution is -0.180. The van der Waals surface area contributed by atoms with Gasteiger partial charge < -0.3 is 10.5 Å². The number of pyridine rings is 1. The first-order valence-electron chi connectivity index (χ1n) is 12.9. The van der Waals surface area contributed by atoms with E-state index in [9.17, 15) is 14.4 Å². The number of anilines is 1. The number of carbonyl (C=O) groups is 3. The molecule has 2 N–H and O–H groups in total. The van der Waals surface area contributed by atoms with Gasteiger partial charge >= 0.3 is 5.97 Å². The number of amides is 2. The number of nitrogens with two attached hydrogens (primary N) is 1. The van der Waals surface area contributed by atoms with Gasteiger partial charge in [-0.2, -0.15) is 0 Å². The van der Waals surface area contributed by atoms with Crippen molar-refractivity contribution in [2.24, 2.45) is 5.92 Å². The van der Waals surface area contributed by atoms with Crippen molar-refractivity contribution in [2.75, 3.05) is 5.73 Å². The van der Waals surface area contributed by atoms with Crippen molar-refractivity contribution in [1.82, 2.24) is 9.88 Å². The molecule has 1 fully saturated rings. The molecule has 0 radical (unpaired) electrons. The third kappa shape index (κ3) is 5.88. The van der Waals surface area contributed by atoms with Gasteiger partial charge in [-0.05, 0) is 40.8 Å². The zero-order chi connectivity index (χ0) is 27.2. The summed E-state index contributed by atoms with van der Waals surface area (Å²) in [5, 5.41) is 0. The van der Waals surface area contributed by atoms with Crippen LogP contribution in [-0.2, 0) is 32.1 Å². The third-order valence-corrected chi connectivity index (χ3v) is 7.03. The predicted octanol–water partition coefficient (Wildman–Crippen LogP) is 4.53. The van der Waals surface area contributed by atoms with Crippen molar-refractivity contribution in [2.45, 2.75) is 31.4 Å². The van der Waals surface area contributed by atoms with E-state index in [1.165, 1.54) is 0 Å². The van der Waals surface area contributed by atoms with Crippen LogP contribution < -0.4 is 5.73 Å². The number of ether oxygens (including phenoxy) is 1. The first kappa shape index (κ1) is 25.9. The number of hydrogen-bond acceptors (Lipinski definition) is 6. The van der Waals surface area contributed by atoms with E-state index < -0.39 is 29.7 Å². The summed E-state index contributed by atoms with van der Waals surface area (Å²) in [7, 11) is 0. The van der Waals surface area contributed by atoms with Gasteiger partial charge in [-0.25, -0.2) is 9.78 Å². The van der Waals surface area contributed by atoms with Gasteiger partial charge in [0, 0.05) is 18.5 Å². The molecule has 0 bridgehead atoms. The molecule has 7 heteroatoms. The molecule has 4 aromatic rings. The SMILES string of the molecule is Nc1cc(C[C@H]2C(=O)N(C(=O)CC(c3ccccc3)c3ccccc3)[C@@H]2C(=O)OCc2ccccc2)ccn1. The molecule has 7 nitrogen and oxygen atoms in total. The maximum atomic E-state index is 13.7. The summed E-state index contributed by atoms with van der Waals surface area (Å²) in [4.78, 5) is 45.5. The number of rotatable bonds is 9. The average Bonchev–Trinajstić information content (AvgIpc) is 2.97. The van der Waals surface area contributed by atoms with Crippen LogP contribution in [0.1, 0.15) is 34.6 Å². The highest BCUT2D eigenvalue weighted by Gasteiger charge is 2.55. The highest BCUT2D eigenvalue weighted by Crippen LogP contribution is 2.35. The fraction of sp³-hybridized carbons (Fsp3) is 0.188. The molecule has 3 aromatic carbocycles.